The second-order valence-electron chi connectivity index (χ2n) is 3.20. The van der Waals surface area contributed by atoms with E-state index in [2.05, 4.69) is 26.1 Å². The van der Waals surface area contributed by atoms with Crippen LogP contribution in [-0.4, -0.2) is 14.8 Å². The van der Waals surface area contributed by atoms with Crippen molar-refractivity contribution < 1.29 is 4.39 Å². The van der Waals surface area contributed by atoms with Gasteiger partial charge in [0.1, 0.15) is 11.6 Å². The fourth-order valence-corrected chi connectivity index (χ4v) is 1.84. The summed E-state index contributed by atoms with van der Waals surface area (Å²) in [5.74, 6) is 1.04. The van der Waals surface area contributed by atoms with Gasteiger partial charge in [-0.3, -0.25) is 4.57 Å². The van der Waals surface area contributed by atoms with Gasteiger partial charge in [-0.1, -0.05) is 6.07 Å². The van der Waals surface area contributed by atoms with Crippen LogP contribution in [0, 0.1) is 19.7 Å². The molecule has 0 bridgehead atoms. The molecule has 0 unspecified atom stereocenters. The maximum Gasteiger partial charge on any atom is 0.161 e. The fraction of sp³-hybridized carbons (Fsp3) is 0.200. The van der Waals surface area contributed by atoms with Gasteiger partial charge < -0.3 is 0 Å². The number of aromatic nitrogens is 3. The lowest BCUT2D eigenvalue weighted by molar-refractivity contribution is 0.608. The Hall–Kier alpha value is -1.23. The van der Waals surface area contributed by atoms with E-state index >= 15 is 0 Å². The molecule has 0 saturated carbocycles. The normalized spacial score (nSPS) is 10.7. The molecule has 1 aromatic carbocycles. The predicted molar refractivity (Wildman–Crippen MR) is 58.5 cm³/mol. The van der Waals surface area contributed by atoms with Crippen molar-refractivity contribution in [2.45, 2.75) is 13.8 Å². The number of aryl methyl sites for hydroxylation is 2. The molecule has 2 aromatic rings. The third kappa shape index (κ3) is 1.67. The van der Waals surface area contributed by atoms with Gasteiger partial charge in [0.05, 0.1) is 10.2 Å². The van der Waals surface area contributed by atoms with Crippen LogP contribution in [0.15, 0.2) is 22.7 Å². The number of halogens is 2. The summed E-state index contributed by atoms with van der Waals surface area (Å²) in [5, 5.41) is 7.79. The van der Waals surface area contributed by atoms with Gasteiger partial charge in [-0.15, -0.1) is 10.2 Å². The first kappa shape index (κ1) is 10.3. The van der Waals surface area contributed by atoms with Crippen LogP contribution in [0.25, 0.3) is 5.69 Å². The molecule has 3 nitrogen and oxygen atoms in total. The molecule has 0 atom stereocenters. The molecular formula is C10H9BrFN3. The molecule has 0 amide bonds. The van der Waals surface area contributed by atoms with E-state index in [4.69, 9.17) is 0 Å². The number of nitrogens with zero attached hydrogens (tertiary/aromatic N) is 3. The maximum atomic E-state index is 13.8. The minimum atomic E-state index is -0.302. The van der Waals surface area contributed by atoms with E-state index in [1.54, 1.807) is 36.6 Å². The lowest BCUT2D eigenvalue weighted by atomic mass is 10.3. The van der Waals surface area contributed by atoms with E-state index < -0.39 is 0 Å². The minimum absolute atomic E-state index is 0.302. The molecule has 1 heterocycles. The molecule has 0 saturated heterocycles. The number of hydrogen-bond donors (Lipinski definition) is 0. The first-order valence-electron chi connectivity index (χ1n) is 4.44. The Morgan fingerprint density at radius 1 is 1.20 bits per heavy atom. The van der Waals surface area contributed by atoms with Gasteiger partial charge in [0.25, 0.3) is 0 Å². The SMILES string of the molecule is Cc1nnc(C)n1-c1cccc(Br)c1F. The molecule has 0 radical (unpaired) electrons. The van der Waals surface area contributed by atoms with Gasteiger partial charge >= 0.3 is 0 Å². The van der Waals surface area contributed by atoms with Crippen molar-refractivity contribution in [2.75, 3.05) is 0 Å². The number of hydrogen-bond acceptors (Lipinski definition) is 2. The summed E-state index contributed by atoms with van der Waals surface area (Å²) in [6.45, 7) is 3.58. The molecule has 2 rings (SSSR count). The average molecular weight is 270 g/mol. The third-order valence-corrected chi connectivity index (χ3v) is 2.77. The number of rotatable bonds is 1. The first-order chi connectivity index (χ1) is 7.11. The van der Waals surface area contributed by atoms with Gasteiger partial charge in [-0.2, -0.15) is 0 Å². The van der Waals surface area contributed by atoms with Crippen LogP contribution in [0.5, 0.6) is 0 Å². The molecule has 0 spiro atoms. The standard InChI is InChI=1S/C10H9BrFN3/c1-6-13-14-7(2)15(6)9-5-3-4-8(11)10(9)12/h3-5H,1-2H3. The highest BCUT2D eigenvalue weighted by molar-refractivity contribution is 9.10. The fourth-order valence-electron chi connectivity index (χ4n) is 1.48. The van der Waals surface area contributed by atoms with Crippen LogP contribution >= 0.6 is 15.9 Å². The van der Waals surface area contributed by atoms with Crippen molar-refractivity contribution in [2.24, 2.45) is 0 Å². The topological polar surface area (TPSA) is 30.7 Å². The smallest absolute Gasteiger partial charge is 0.161 e. The van der Waals surface area contributed by atoms with E-state index in [0.717, 1.165) is 0 Å². The molecule has 0 aliphatic heterocycles. The van der Waals surface area contributed by atoms with Crippen LogP contribution in [0.2, 0.25) is 0 Å². The van der Waals surface area contributed by atoms with Gasteiger partial charge in [-0.25, -0.2) is 4.39 Å². The Bertz CT molecular complexity index is 488. The van der Waals surface area contributed by atoms with Gasteiger partial charge in [-0.05, 0) is 41.9 Å². The van der Waals surface area contributed by atoms with Gasteiger partial charge in [0.15, 0.2) is 5.82 Å². The highest BCUT2D eigenvalue weighted by Gasteiger charge is 2.12. The van der Waals surface area contributed by atoms with Crippen molar-refractivity contribution >= 4 is 15.9 Å². The molecule has 0 N–H and O–H groups in total. The predicted octanol–water partition coefficient (Wildman–Crippen LogP) is 2.79. The minimum Gasteiger partial charge on any atom is -0.280 e. The summed E-state index contributed by atoms with van der Waals surface area (Å²) in [7, 11) is 0. The second-order valence-corrected chi connectivity index (χ2v) is 4.06. The molecule has 0 fully saturated rings. The largest absolute Gasteiger partial charge is 0.280 e. The highest BCUT2D eigenvalue weighted by atomic mass is 79.9. The lowest BCUT2D eigenvalue weighted by Crippen LogP contribution is -2.02. The maximum absolute atomic E-state index is 13.8. The molecule has 0 aliphatic carbocycles. The Labute approximate surface area is 95.1 Å². The zero-order valence-electron chi connectivity index (χ0n) is 8.33. The second kappa shape index (κ2) is 3.73. The van der Waals surface area contributed by atoms with Crippen LogP contribution in [0.1, 0.15) is 11.6 Å². The van der Waals surface area contributed by atoms with Gasteiger partial charge in [0, 0.05) is 0 Å². The summed E-state index contributed by atoms with van der Waals surface area (Å²) < 4.78 is 15.9. The summed E-state index contributed by atoms with van der Waals surface area (Å²) in [6, 6.07) is 5.14. The van der Waals surface area contributed by atoms with Gasteiger partial charge in [0.2, 0.25) is 0 Å². The first-order valence-corrected chi connectivity index (χ1v) is 5.23. The summed E-state index contributed by atoms with van der Waals surface area (Å²) in [6.07, 6.45) is 0. The van der Waals surface area contributed by atoms with E-state index in [-0.39, 0.29) is 5.82 Å². The molecule has 5 heteroatoms. The zero-order chi connectivity index (χ0) is 11.0. The third-order valence-electron chi connectivity index (χ3n) is 2.16. The van der Waals surface area contributed by atoms with Crippen LogP contribution < -0.4 is 0 Å². The van der Waals surface area contributed by atoms with E-state index in [1.165, 1.54) is 0 Å². The Balaban J connectivity index is 2.69. The molecule has 0 aliphatic rings. The highest BCUT2D eigenvalue weighted by Crippen LogP contribution is 2.23. The summed E-state index contributed by atoms with van der Waals surface area (Å²) >= 11 is 3.15. The zero-order valence-corrected chi connectivity index (χ0v) is 9.92. The molecule has 78 valence electrons. The van der Waals surface area contributed by atoms with Crippen LogP contribution in [-0.2, 0) is 0 Å². The number of benzene rings is 1. The van der Waals surface area contributed by atoms with E-state index in [0.29, 0.717) is 21.8 Å². The molecule has 15 heavy (non-hydrogen) atoms. The quantitative estimate of drug-likeness (QED) is 0.797. The van der Waals surface area contributed by atoms with E-state index in [9.17, 15) is 4.39 Å². The van der Waals surface area contributed by atoms with Crippen molar-refractivity contribution in [3.8, 4) is 5.69 Å². The van der Waals surface area contributed by atoms with Crippen molar-refractivity contribution in [3.63, 3.8) is 0 Å². The molecule has 1 aromatic heterocycles. The average Bonchev–Trinajstić information content (AvgIpc) is 2.52. The monoisotopic (exact) mass is 269 g/mol. The summed E-state index contributed by atoms with van der Waals surface area (Å²) in [5.41, 5.74) is 0.462. The van der Waals surface area contributed by atoms with E-state index in [1.807, 2.05) is 0 Å². The Kier molecular flexibility index (Phi) is 2.56. The summed E-state index contributed by atoms with van der Waals surface area (Å²) in [4.78, 5) is 0. The van der Waals surface area contributed by atoms with Crippen molar-refractivity contribution in [1.82, 2.24) is 14.8 Å². The van der Waals surface area contributed by atoms with Crippen LogP contribution in [0.4, 0.5) is 4.39 Å². The molecular weight excluding hydrogens is 261 g/mol. The van der Waals surface area contributed by atoms with Crippen LogP contribution in [0.3, 0.4) is 0 Å². The Morgan fingerprint density at radius 2 is 1.80 bits per heavy atom. The van der Waals surface area contributed by atoms with Crippen molar-refractivity contribution in [1.29, 1.82) is 0 Å². The van der Waals surface area contributed by atoms with Crippen molar-refractivity contribution in [3.05, 3.63) is 40.1 Å². The lowest BCUT2D eigenvalue weighted by Gasteiger charge is -2.08. The Morgan fingerprint density at radius 3 is 2.40 bits per heavy atom.